The first-order chi connectivity index (χ1) is 32.8. The summed E-state index contributed by atoms with van der Waals surface area (Å²) >= 11 is 0. The van der Waals surface area contributed by atoms with E-state index in [1.807, 2.05) is 5.32 Å². The summed E-state index contributed by atoms with van der Waals surface area (Å²) in [5.74, 6) is -14.6. The van der Waals surface area contributed by atoms with Crippen LogP contribution in [0.5, 0.6) is 0 Å². The highest BCUT2D eigenvalue weighted by atomic mass is 16.4. The minimum atomic E-state index is -1.97. The van der Waals surface area contributed by atoms with Crippen molar-refractivity contribution in [2.75, 3.05) is 32.8 Å². The van der Waals surface area contributed by atoms with E-state index in [2.05, 4.69) is 52.5 Å². The molecule has 0 saturated carbocycles. The van der Waals surface area contributed by atoms with E-state index in [-0.39, 0.29) is 63.5 Å². The molecule has 0 radical (unpaired) electrons. The third-order valence-electron chi connectivity index (χ3n) is 9.86. The molecule has 0 bridgehead atoms. The molecule has 23 N–H and O–H groups in total. The van der Waals surface area contributed by atoms with Gasteiger partial charge in [-0.2, -0.15) is 0 Å². The largest absolute Gasteiger partial charge is 0.481 e. The second-order valence-electron chi connectivity index (χ2n) is 15.6. The maximum Gasteiger partial charge on any atom is 0.326 e. The van der Waals surface area contributed by atoms with Crippen molar-refractivity contribution < 1.29 is 78.0 Å². The van der Waals surface area contributed by atoms with Gasteiger partial charge in [0.05, 0.1) is 32.0 Å². The fourth-order valence-electron chi connectivity index (χ4n) is 6.26. The third kappa shape index (κ3) is 24.2. The summed E-state index contributed by atoms with van der Waals surface area (Å²) in [6, 6.07) is -12.1. The van der Waals surface area contributed by atoms with Crippen LogP contribution in [-0.4, -0.2) is 185 Å². The molecule has 32 heteroatoms. The number of nitrogens with two attached hydrogens (primary N) is 5. The lowest BCUT2D eigenvalue weighted by molar-refractivity contribution is -0.147. The number of primary amides is 1. The van der Waals surface area contributed by atoms with Gasteiger partial charge < -0.3 is 96.9 Å². The number of amides is 9. The molecule has 392 valence electrons. The number of carboxylic acids is 3. The van der Waals surface area contributed by atoms with Gasteiger partial charge in [0.25, 0.3) is 0 Å². The highest BCUT2D eigenvalue weighted by Gasteiger charge is 2.34. The van der Waals surface area contributed by atoms with Crippen molar-refractivity contribution >= 4 is 83.0 Å². The van der Waals surface area contributed by atoms with Gasteiger partial charge in [-0.1, -0.05) is 0 Å². The summed E-state index contributed by atoms with van der Waals surface area (Å²) < 4.78 is 0. The molecule has 70 heavy (non-hydrogen) atoms. The Labute approximate surface area is 399 Å². The van der Waals surface area contributed by atoms with Gasteiger partial charge in [0.2, 0.25) is 53.2 Å². The van der Waals surface area contributed by atoms with Crippen LogP contribution in [0, 0.1) is 0 Å². The van der Waals surface area contributed by atoms with Crippen LogP contribution in [0.1, 0.15) is 71.1 Å². The van der Waals surface area contributed by atoms with Crippen LogP contribution in [0.25, 0.3) is 0 Å². The normalized spacial score (nSPS) is 15.8. The van der Waals surface area contributed by atoms with Gasteiger partial charge in [-0.05, 0) is 58.4 Å². The van der Waals surface area contributed by atoms with Crippen molar-refractivity contribution in [3.05, 3.63) is 0 Å². The molecule has 1 aliphatic heterocycles. The highest BCUT2D eigenvalue weighted by molar-refractivity contribution is 5.98. The molecular weight excluding hydrogens is 937 g/mol. The Balaban J connectivity index is 3.19. The smallest absolute Gasteiger partial charge is 0.326 e. The van der Waals surface area contributed by atoms with Gasteiger partial charge in [-0.15, -0.1) is 0 Å². The Bertz CT molecular complexity index is 1960. The van der Waals surface area contributed by atoms with Crippen molar-refractivity contribution in [2.45, 2.75) is 119 Å². The highest BCUT2D eigenvalue weighted by Crippen LogP contribution is 2.08. The molecule has 9 amide bonds. The fraction of sp³-hybridized carbons (Fsp3) is 0.632. The van der Waals surface area contributed by atoms with Gasteiger partial charge in [0.1, 0.15) is 42.3 Å². The standard InChI is InChI=1S/C38H64N16O16/c1-17(48-32(65)21(8-9-25(39)56)52-31(64)18-5-2-10-44-18)29(62)50-19(6-3-11-45-37(40)41)30(63)47-15-26(57)49-22(13-27(58)59)34(67)51-20(7-4-12-46-38(42)43)33(66)54-24(16-55)35(68)53-23(36(69)70)14-28(60)61/h17-24,44,55H,2-16H2,1H3,(H2,39,56)(H,47,63)(H,48,65)(H,49,57)(H,50,62)(H,51,67)(H,52,64)(H,53,68)(H,54,66)(H,58,59)(H,60,61)(H,69,70)(H4,40,41,45)(H4,42,43,46)/t17-,18-,19-,20-,21-,22-,23-,24-/m0/s1. The number of aliphatic hydroxyl groups excluding tert-OH is 1. The van der Waals surface area contributed by atoms with Gasteiger partial charge in [0.15, 0.2) is 11.9 Å². The van der Waals surface area contributed by atoms with Gasteiger partial charge in [-0.3, -0.25) is 62.7 Å². The van der Waals surface area contributed by atoms with Gasteiger partial charge in [-0.25, -0.2) is 4.79 Å². The molecule has 0 spiro atoms. The molecule has 1 heterocycles. The molecule has 0 unspecified atom stereocenters. The van der Waals surface area contributed by atoms with Gasteiger partial charge in [0, 0.05) is 19.5 Å². The summed E-state index contributed by atoms with van der Waals surface area (Å²) in [4.78, 5) is 159. The Morgan fingerprint density at radius 3 is 1.56 bits per heavy atom. The number of aliphatic imine (C=N–C) groups is 2. The zero-order valence-electron chi connectivity index (χ0n) is 38.2. The molecule has 1 fully saturated rings. The van der Waals surface area contributed by atoms with E-state index in [9.17, 15) is 72.9 Å². The topological polar surface area (TPSA) is 549 Å². The quantitative estimate of drug-likeness (QED) is 0.0165. The van der Waals surface area contributed by atoms with Crippen molar-refractivity contribution in [3.8, 4) is 0 Å². The molecule has 0 aromatic heterocycles. The minimum absolute atomic E-state index is 0.0169. The number of carboxylic acid groups (broad SMARTS) is 3. The third-order valence-corrected chi connectivity index (χ3v) is 9.86. The number of hydrogen-bond acceptors (Lipinski definition) is 16. The van der Waals surface area contributed by atoms with Crippen molar-refractivity contribution in [1.29, 1.82) is 0 Å². The lowest BCUT2D eigenvalue weighted by Crippen LogP contribution is -2.59. The second-order valence-corrected chi connectivity index (χ2v) is 15.6. The first-order valence-corrected chi connectivity index (χ1v) is 21.6. The van der Waals surface area contributed by atoms with Crippen LogP contribution >= 0.6 is 0 Å². The summed E-state index contributed by atoms with van der Waals surface area (Å²) in [5, 5.41) is 58.5. The van der Waals surface area contributed by atoms with Crippen molar-refractivity contribution in [3.63, 3.8) is 0 Å². The van der Waals surface area contributed by atoms with E-state index in [1.54, 1.807) is 0 Å². The first kappa shape index (κ1) is 60.1. The van der Waals surface area contributed by atoms with Crippen LogP contribution in [0.3, 0.4) is 0 Å². The summed E-state index contributed by atoms with van der Waals surface area (Å²) in [6.45, 7) is -0.370. The number of nitrogens with one attached hydrogen (secondary N) is 9. The average Bonchev–Trinajstić information content (AvgIpc) is 3.82. The van der Waals surface area contributed by atoms with E-state index in [0.29, 0.717) is 13.0 Å². The minimum Gasteiger partial charge on any atom is -0.481 e. The number of aliphatic carboxylic acids is 3. The molecule has 1 aliphatic rings. The summed E-state index contributed by atoms with van der Waals surface area (Å²) in [5.41, 5.74) is 26.6. The van der Waals surface area contributed by atoms with Crippen molar-refractivity contribution in [2.24, 2.45) is 38.7 Å². The SMILES string of the molecule is C[C@H](NC(=O)[C@H](CCC(N)=O)NC(=O)[C@@H]1CCCN1)C(=O)N[C@@H](CCCN=C(N)N)C(=O)NCC(=O)N[C@@H](CC(=O)O)C(=O)N[C@@H](CCCN=C(N)N)C(=O)N[C@@H](CO)C(=O)N[C@@H](CC(=O)O)C(=O)O. The molecule has 32 nitrogen and oxygen atoms in total. The number of guanidine groups is 2. The van der Waals surface area contributed by atoms with Crippen molar-refractivity contribution in [1.82, 2.24) is 47.9 Å². The van der Waals surface area contributed by atoms with Crippen LogP contribution in [0.4, 0.5) is 0 Å². The van der Waals surface area contributed by atoms with Crippen LogP contribution in [-0.2, 0) is 57.5 Å². The molecular formula is C38H64N16O16. The van der Waals surface area contributed by atoms with Crippen LogP contribution < -0.4 is 76.5 Å². The number of hydrogen-bond donors (Lipinski definition) is 18. The monoisotopic (exact) mass is 1000 g/mol. The Hall–Kier alpha value is -7.90. The molecule has 1 saturated heterocycles. The first-order valence-electron chi connectivity index (χ1n) is 21.6. The van der Waals surface area contributed by atoms with E-state index in [0.717, 1.165) is 6.42 Å². The average molecular weight is 1000 g/mol. The lowest BCUT2D eigenvalue weighted by atomic mass is 10.1. The lowest BCUT2D eigenvalue weighted by Gasteiger charge is -2.25. The molecule has 0 aromatic carbocycles. The summed E-state index contributed by atoms with van der Waals surface area (Å²) in [6.07, 6.45) is -1.85. The zero-order valence-corrected chi connectivity index (χ0v) is 38.2. The molecule has 0 aromatic rings. The number of nitrogens with zero attached hydrogens (tertiary/aromatic N) is 2. The molecule has 8 atom stereocenters. The molecule has 1 rings (SSSR count). The van der Waals surface area contributed by atoms with E-state index < -0.39 is 145 Å². The number of rotatable bonds is 33. The van der Waals surface area contributed by atoms with E-state index in [1.165, 1.54) is 6.92 Å². The van der Waals surface area contributed by atoms with E-state index >= 15 is 0 Å². The number of carbonyl (C=O) groups excluding carboxylic acids is 9. The van der Waals surface area contributed by atoms with E-state index in [4.69, 9.17) is 33.8 Å². The molecule has 0 aliphatic carbocycles. The maximum absolute atomic E-state index is 13.5. The predicted octanol–water partition coefficient (Wildman–Crippen LogP) is -9.33. The fourth-order valence-corrected chi connectivity index (χ4v) is 6.26. The van der Waals surface area contributed by atoms with Gasteiger partial charge >= 0.3 is 17.9 Å². The number of carbonyl (C=O) groups is 12. The summed E-state index contributed by atoms with van der Waals surface area (Å²) in [7, 11) is 0. The Morgan fingerprint density at radius 1 is 0.586 bits per heavy atom. The Kier molecular flexibility index (Phi) is 26.8. The Morgan fingerprint density at radius 2 is 1.06 bits per heavy atom. The number of aliphatic hydroxyl groups is 1. The zero-order chi connectivity index (χ0) is 53.1. The predicted molar refractivity (Wildman–Crippen MR) is 241 cm³/mol. The second kappa shape index (κ2) is 31.2. The van der Waals surface area contributed by atoms with Crippen LogP contribution in [0.2, 0.25) is 0 Å². The van der Waals surface area contributed by atoms with Crippen LogP contribution in [0.15, 0.2) is 9.98 Å². The maximum atomic E-state index is 13.5.